The Kier molecular flexibility index (Phi) is 6.71. The van der Waals surface area contributed by atoms with Crippen LogP contribution in [0.25, 0.3) is 0 Å². The first kappa shape index (κ1) is 15.8. The lowest BCUT2D eigenvalue weighted by Crippen LogP contribution is -2.16. The maximum atomic E-state index is 11.2. The van der Waals surface area contributed by atoms with Gasteiger partial charge in [-0.2, -0.15) is 0 Å². The van der Waals surface area contributed by atoms with Gasteiger partial charge in [0.1, 0.15) is 0 Å². The molecule has 19 heavy (non-hydrogen) atoms. The van der Waals surface area contributed by atoms with Crippen molar-refractivity contribution >= 4 is 23.2 Å². The summed E-state index contributed by atoms with van der Waals surface area (Å²) >= 11 is 5.92. The number of nitrogens with one attached hydrogen (secondary N) is 1. The number of hydrogen-bond acceptors (Lipinski definition) is 2. The second-order valence-electron chi connectivity index (χ2n) is 4.95. The van der Waals surface area contributed by atoms with E-state index in [-0.39, 0.29) is 0 Å². The zero-order valence-corrected chi connectivity index (χ0v) is 12.5. The Bertz CT molecular complexity index is 421. The maximum absolute atomic E-state index is 11.2. The SMILES string of the molecule is CCCCCCC(C)Nc1ccc(Cl)c(C(N)=O)c1. The highest BCUT2D eigenvalue weighted by Crippen LogP contribution is 2.21. The first-order valence-corrected chi connectivity index (χ1v) is 7.28. The molecular formula is C15H23ClN2O. The van der Waals surface area contributed by atoms with E-state index in [0.717, 1.165) is 12.1 Å². The van der Waals surface area contributed by atoms with Crippen LogP contribution < -0.4 is 11.1 Å². The molecule has 1 unspecified atom stereocenters. The predicted molar refractivity (Wildman–Crippen MR) is 81.8 cm³/mol. The van der Waals surface area contributed by atoms with E-state index in [4.69, 9.17) is 17.3 Å². The number of hydrogen-bond donors (Lipinski definition) is 2. The molecular weight excluding hydrogens is 260 g/mol. The highest BCUT2D eigenvalue weighted by Gasteiger charge is 2.09. The van der Waals surface area contributed by atoms with Crippen LogP contribution in [-0.2, 0) is 0 Å². The second kappa shape index (κ2) is 8.05. The highest BCUT2D eigenvalue weighted by molar-refractivity contribution is 6.33. The van der Waals surface area contributed by atoms with E-state index in [0.29, 0.717) is 16.6 Å². The molecule has 1 rings (SSSR count). The topological polar surface area (TPSA) is 55.1 Å². The predicted octanol–water partition coefficient (Wildman–Crippen LogP) is 4.21. The van der Waals surface area contributed by atoms with Crippen molar-refractivity contribution in [2.24, 2.45) is 5.73 Å². The molecule has 3 nitrogen and oxygen atoms in total. The van der Waals surface area contributed by atoms with Gasteiger partial charge >= 0.3 is 0 Å². The van der Waals surface area contributed by atoms with Crippen molar-refractivity contribution in [3.63, 3.8) is 0 Å². The van der Waals surface area contributed by atoms with E-state index in [2.05, 4.69) is 19.2 Å². The summed E-state index contributed by atoms with van der Waals surface area (Å²) in [5.41, 5.74) is 6.53. The van der Waals surface area contributed by atoms with Crippen LogP contribution >= 0.6 is 11.6 Å². The van der Waals surface area contributed by atoms with Crippen LogP contribution in [0.5, 0.6) is 0 Å². The molecule has 0 aliphatic carbocycles. The Morgan fingerprint density at radius 3 is 2.74 bits per heavy atom. The minimum absolute atomic E-state index is 0.366. The molecule has 1 amide bonds. The third-order valence-corrected chi connectivity index (χ3v) is 3.47. The van der Waals surface area contributed by atoms with Crippen molar-refractivity contribution in [1.29, 1.82) is 0 Å². The van der Waals surface area contributed by atoms with Crippen LogP contribution in [0.15, 0.2) is 18.2 Å². The van der Waals surface area contributed by atoms with Gasteiger partial charge in [0.25, 0.3) is 0 Å². The third-order valence-electron chi connectivity index (χ3n) is 3.14. The van der Waals surface area contributed by atoms with Gasteiger partial charge in [-0.25, -0.2) is 0 Å². The number of carbonyl (C=O) groups is 1. The Morgan fingerprint density at radius 2 is 2.11 bits per heavy atom. The van der Waals surface area contributed by atoms with Crippen molar-refractivity contribution < 1.29 is 4.79 Å². The molecule has 3 N–H and O–H groups in total. The number of benzene rings is 1. The molecule has 0 heterocycles. The van der Waals surface area contributed by atoms with Gasteiger partial charge in [-0.15, -0.1) is 0 Å². The molecule has 106 valence electrons. The number of anilines is 1. The smallest absolute Gasteiger partial charge is 0.250 e. The summed E-state index contributed by atoms with van der Waals surface area (Å²) in [6, 6.07) is 5.66. The molecule has 0 radical (unpaired) electrons. The van der Waals surface area contributed by atoms with E-state index in [1.54, 1.807) is 12.1 Å². The van der Waals surface area contributed by atoms with Gasteiger partial charge in [-0.1, -0.05) is 44.2 Å². The van der Waals surface area contributed by atoms with E-state index < -0.39 is 5.91 Å². The fraction of sp³-hybridized carbons (Fsp3) is 0.533. The largest absolute Gasteiger partial charge is 0.383 e. The lowest BCUT2D eigenvalue weighted by Gasteiger charge is -2.16. The van der Waals surface area contributed by atoms with Gasteiger partial charge in [0, 0.05) is 11.7 Å². The number of halogens is 1. The minimum Gasteiger partial charge on any atom is -0.383 e. The summed E-state index contributed by atoms with van der Waals surface area (Å²) in [5.74, 6) is -0.496. The van der Waals surface area contributed by atoms with E-state index >= 15 is 0 Å². The summed E-state index contributed by atoms with van der Waals surface area (Å²) in [7, 11) is 0. The van der Waals surface area contributed by atoms with E-state index in [9.17, 15) is 4.79 Å². The molecule has 4 heteroatoms. The molecule has 0 fully saturated rings. The fourth-order valence-corrected chi connectivity index (χ4v) is 2.25. The van der Waals surface area contributed by atoms with Crippen LogP contribution in [-0.4, -0.2) is 11.9 Å². The van der Waals surface area contributed by atoms with E-state index in [1.165, 1.54) is 25.7 Å². The van der Waals surface area contributed by atoms with Gasteiger partial charge in [-0.3, -0.25) is 4.79 Å². The Morgan fingerprint density at radius 1 is 1.37 bits per heavy atom. The van der Waals surface area contributed by atoms with Crippen LogP contribution in [0, 0.1) is 0 Å². The van der Waals surface area contributed by atoms with E-state index in [1.807, 2.05) is 6.07 Å². The molecule has 1 aromatic carbocycles. The summed E-state index contributed by atoms with van der Waals surface area (Å²) in [6.07, 6.45) is 6.16. The maximum Gasteiger partial charge on any atom is 0.250 e. The first-order valence-electron chi connectivity index (χ1n) is 6.90. The Balaban J connectivity index is 2.52. The van der Waals surface area contributed by atoms with Gasteiger partial charge in [0.05, 0.1) is 10.6 Å². The zero-order chi connectivity index (χ0) is 14.3. The van der Waals surface area contributed by atoms with Crippen LogP contribution in [0.2, 0.25) is 5.02 Å². The van der Waals surface area contributed by atoms with Crippen molar-refractivity contribution in [1.82, 2.24) is 0 Å². The van der Waals surface area contributed by atoms with Crippen LogP contribution in [0.1, 0.15) is 56.3 Å². The van der Waals surface area contributed by atoms with Gasteiger partial charge in [0.2, 0.25) is 5.91 Å². The summed E-state index contributed by atoms with van der Waals surface area (Å²) in [4.78, 5) is 11.2. The Labute approximate surface area is 120 Å². The number of unbranched alkanes of at least 4 members (excludes halogenated alkanes) is 3. The van der Waals surface area contributed by atoms with Gasteiger partial charge < -0.3 is 11.1 Å². The van der Waals surface area contributed by atoms with Gasteiger partial charge in [-0.05, 0) is 31.5 Å². The molecule has 0 bridgehead atoms. The molecule has 0 spiro atoms. The molecule has 0 aromatic heterocycles. The van der Waals surface area contributed by atoms with Crippen molar-refractivity contribution in [2.75, 3.05) is 5.32 Å². The molecule has 0 aliphatic rings. The average Bonchev–Trinajstić information content (AvgIpc) is 2.36. The third kappa shape index (κ3) is 5.52. The molecule has 0 aliphatic heterocycles. The fourth-order valence-electron chi connectivity index (χ4n) is 2.04. The summed E-state index contributed by atoms with van der Waals surface area (Å²) in [6.45, 7) is 4.35. The zero-order valence-electron chi connectivity index (χ0n) is 11.7. The minimum atomic E-state index is -0.496. The molecule has 0 saturated heterocycles. The quantitative estimate of drug-likeness (QED) is 0.702. The van der Waals surface area contributed by atoms with Crippen LogP contribution in [0.4, 0.5) is 5.69 Å². The van der Waals surface area contributed by atoms with Crippen molar-refractivity contribution in [2.45, 2.75) is 52.0 Å². The monoisotopic (exact) mass is 282 g/mol. The van der Waals surface area contributed by atoms with Gasteiger partial charge in [0.15, 0.2) is 0 Å². The number of amides is 1. The second-order valence-corrected chi connectivity index (χ2v) is 5.36. The highest BCUT2D eigenvalue weighted by atomic mass is 35.5. The average molecular weight is 283 g/mol. The first-order chi connectivity index (χ1) is 9.04. The standard InChI is InChI=1S/C15H23ClN2O/c1-3-4-5-6-7-11(2)18-12-8-9-14(16)13(10-12)15(17)19/h8-11,18H,3-7H2,1-2H3,(H2,17,19). The Hall–Kier alpha value is -1.22. The normalized spacial score (nSPS) is 12.2. The van der Waals surface area contributed by atoms with Crippen LogP contribution in [0.3, 0.4) is 0 Å². The number of nitrogens with two attached hydrogens (primary N) is 1. The molecule has 0 saturated carbocycles. The lowest BCUT2D eigenvalue weighted by atomic mass is 10.1. The summed E-state index contributed by atoms with van der Waals surface area (Å²) in [5, 5.41) is 3.77. The lowest BCUT2D eigenvalue weighted by molar-refractivity contribution is 0.100. The number of rotatable bonds is 8. The number of carbonyl (C=O) groups excluding carboxylic acids is 1. The van der Waals surface area contributed by atoms with Crippen molar-refractivity contribution in [3.05, 3.63) is 28.8 Å². The summed E-state index contributed by atoms with van der Waals surface area (Å²) < 4.78 is 0. The van der Waals surface area contributed by atoms with Crippen molar-refractivity contribution in [3.8, 4) is 0 Å². The number of primary amides is 1. The molecule has 1 atom stereocenters. The molecule has 1 aromatic rings.